The van der Waals surface area contributed by atoms with Crippen molar-refractivity contribution in [2.45, 2.75) is 39.3 Å². The summed E-state index contributed by atoms with van der Waals surface area (Å²) in [5, 5.41) is 3.50. The van der Waals surface area contributed by atoms with Crippen molar-refractivity contribution in [3.8, 4) is 11.5 Å². The molecule has 1 aliphatic heterocycles. The lowest BCUT2D eigenvalue weighted by Crippen LogP contribution is -2.25. The fourth-order valence-corrected chi connectivity index (χ4v) is 2.55. The van der Waals surface area contributed by atoms with Gasteiger partial charge in [-0.3, -0.25) is 0 Å². The van der Waals surface area contributed by atoms with Gasteiger partial charge in [0.05, 0.1) is 4.47 Å². The van der Waals surface area contributed by atoms with Gasteiger partial charge < -0.3 is 14.8 Å². The third-order valence-corrected chi connectivity index (χ3v) is 3.45. The number of rotatable bonds is 5. The van der Waals surface area contributed by atoms with Crippen LogP contribution in [0.1, 0.15) is 32.3 Å². The van der Waals surface area contributed by atoms with Crippen molar-refractivity contribution in [2.75, 3.05) is 6.79 Å². The van der Waals surface area contributed by atoms with E-state index >= 15 is 0 Å². The molecule has 94 valence electrons. The second-order valence-corrected chi connectivity index (χ2v) is 5.24. The van der Waals surface area contributed by atoms with Crippen LogP contribution in [0, 0.1) is 0 Å². The van der Waals surface area contributed by atoms with Gasteiger partial charge in [0.2, 0.25) is 6.79 Å². The minimum atomic E-state index is 0.317. The number of fused-ring (bicyclic) bond motifs is 1. The second kappa shape index (κ2) is 5.74. The Kier molecular flexibility index (Phi) is 4.29. The molecule has 0 aromatic heterocycles. The van der Waals surface area contributed by atoms with Crippen molar-refractivity contribution in [3.63, 3.8) is 0 Å². The largest absolute Gasteiger partial charge is 0.454 e. The Morgan fingerprint density at radius 1 is 1.41 bits per heavy atom. The predicted octanol–water partition coefficient (Wildman–Crippen LogP) is 3.46. The maximum absolute atomic E-state index is 5.39. The summed E-state index contributed by atoms with van der Waals surface area (Å²) in [6.07, 6.45) is 2.41. The van der Waals surface area contributed by atoms with E-state index in [9.17, 15) is 0 Å². The molecule has 0 fully saturated rings. The van der Waals surface area contributed by atoms with Crippen molar-refractivity contribution in [1.82, 2.24) is 5.32 Å². The number of benzene rings is 1. The summed E-state index contributed by atoms with van der Waals surface area (Å²) >= 11 is 3.50. The lowest BCUT2D eigenvalue weighted by molar-refractivity contribution is 0.173. The summed E-state index contributed by atoms with van der Waals surface area (Å²) in [7, 11) is 0. The first-order valence-corrected chi connectivity index (χ1v) is 6.81. The first-order chi connectivity index (χ1) is 8.20. The average Bonchev–Trinajstić information content (AvgIpc) is 2.75. The van der Waals surface area contributed by atoms with Crippen LogP contribution < -0.4 is 14.8 Å². The number of hydrogen-bond donors (Lipinski definition) is 1. The number of nitrogens with one attached hydrogen (secondary N) is 1. The minimum absolute atomic E-state index is 0.317. The first-order valence-electron chi connectivity index (χ1n) is 6.02. The molecule has 1 N–H and O–H groups in total. The van der Waals surface area contributed by atoms with Crippen LogP contribution in [0.25, 0.3) is 0 Å². The summed E-state index contributed by atoms with van der Waals surface area (Å²) in [6, 6.07) is 4.67. The summed E-state index contributed by atoms with van der Waals surface area (Å²) < 4.78 is 11.7. The van der Waals surface area contributed by atoms with Gasteiger partial charge in [-0.15, -0.1) is 0 Å². The molecule has 0 aliphatic carbocycles. The van der Waals surface area contributed by atoms with E-state index in [0.29, 0.717) is 12.8 Å². The summed E-state index contributed by atoms with van der Waals surface area (Å²) in [4.78, 5) is 0. The number of halogens is 1. The van der Waals surface area contributed by atoms with Crippen molar-refractivity contribution < 1.29 is 9.47 Å². The van der Waals surface area contributed by atoms with Gasteiger partial charge in [0.1, 0.15) is 0 Å². The molecular formula is C13H18BrNO2. The van der Waals surface area contributed by atoms with Crippen LogP contribution in [0.2, 0.25) is 0 Å². The van der Waals surface area contributed by atoms with E-state index in [-0.39, 0.29) is 0 Å². The number of ether oxygens (including phenoxy) is 2. The quantitative estimate of drug-likeness (QED) is 0.903. The predicted molar refractivity (Wildman–Crippen MR) is 71.5 cm³/mol. The van der Waals surface area contributed by atoms with Gasteiger partial charge in [0, 0.05) is 12.6 Å². The van der Waals surface area contributed by atoms with Crippen molar-refractivity contribution in [1.29, 1.82) is 0 Å². The van der Waals surface area contributed by atoms with E-state index in [1.54, 1.807) is 0 Å². The molecule has 0 spiro atoms. The SMILES string of the molecule is CCCC(C)NCc1cc(Br)c2c(c1)OCO2. The van der Waals surface area contributed by atoms with Gasteiger partial charge in [-0.05, 0) is 47.0 Å². The van der Waals surface area contributed by atoms with Crippen LogP contribution in [0.4, 0.5) is 0 Å². The molecule has 17 heavy (non-hydrogen) atoms. The first kappa shape index (κ1) is 12.7. The topological polar surface area (TPSA) is 30.5 Å². The molecule has 0 radical (unpaired) electrons. The number of hydrogen-bond acceptors (Lipinski definition) is 3. The van der Waals surface area contributed by atoms with Crippen LogP contribution in [0.3, 0.4) is 0 Å². The highest BCUT2D eigenvalue weighted by atomic mass is 79.9. The molecule has 4 heteroatoms. The molecule has 1 atom stereocenters. The molecule has 2 rings (SSSR count). The molecule has 0 bridgehead atoms. The smallest absolute Gasteiger partial charge is 0.231 e. The zero-order valence-corrected chi connectivity index (χ0v) is 11.8. The van der Waals surface area contributed by atoms with Gasteiger partial charge in [-0.1, -0.05) is 13.3 Å². The van der Waals surface area contributed by atoms with E-state index in [1.165, 1.54) is 18.4 Å². The highest BCUT2D eigenvalue weighted by Crippen LogP contribution is 2.39. The molecule has 1 aromatic rings. The Balaban J connectivity index is 2.00. The van der Waals surface area contributed by atoms with Gasteiger partial charge >= 0.3 is 0 Å². The Morgan fingerprint density at radius 2 is 2.24 bits per heavy atom. The zero-order chi connectivity index (χ0) is 12.3. The lowest BCUT2D eigenvalue weighted by Gasteiger charge is -2.13. The Bertz CT molecular complexity index is 395. The van der Waals surface area contributed by atoms with E-state index in [4.69, 9.17) is 9.47 Å². The summed E-state index contributed by atoms with van der Waals surface area (Å²) in [5.74, 6) is 1.65. The highest BCUT2D eigenvalue weighted by Gasteiger charge is 2.17. The van der Waals surface area contributed by atoms with E-state index in [1.807, 2.05) is 6.07 Å². The normalized spacial score (nSPS) is 15.0. The van der Waals surface area contributed by atoms with Crippen LogP contribution in [0.15, 0.2) is 16.6 Å². The van der Waals surface area contributed by atoms with Gasteiger partial charge in [-0.2, -0.15) is 0 Å². The van der Waals surface area contributed by atoms with Crippen LogP contribution in [-0.4, -0.2) is 12.8 Å². The van der Waals surface area contributed by atoms with E-state index < -0.39 is 0 Å². The molecule has 1 aliphatic rings. The molecule has 0 saturated carbocycles. The third kappa shape index (κ3) is 3.13. The Labute approximate surface area is 111 Å². The molecule has 1 heterocycles. The highest BCUT2D eigenvalue weighted by molar-refractivity contribution is 9.10. The van der Waals surface area contributed by atoms with Crippen molar-refractivity contribution in [3.05, 3.63) is 22.2 Å². The third-order valence-electron chi connectivity index (χ3n) is 2.86. The Morgan fingerprint density at radius 3 is 3.00 bits per heavy atom. The maximum Gasteiger partial charge on any atom is 0.231 e. The zero-order valence-electron chi connectivity index (χ0n) is 10.3. The fraction of sp³-hybridized carbons (Fsp3) is 0.538. The van der Waals surface area contributed by atoms with Gasteiger partial charge in [0.25, 0.3) is 0 Å². The van der Waals surface area contributed by atoms with Gasteiger partial charge in [0.15, 0.2) is 11.5 Å². The van der Waals surface area contributed by atoms with E-state index in [0.717, 1.165) is 22.5 Å². The Hall–Kier alpha value is -0.740. The summed E-state index contributed by atoms with van der Waals surface area (Å²) in [5.41, 5.74) is 1.21. The summed E-state index contributed by atoms with van der Waals surface area (Å²) in [6.45, 7) is 5.59. The minimum Gasteiger partial charge on any atom is -0.454 e. The lowest BCUT2D eigenvalue weighted by atomic mass is 10.1. The molecule has 1 aromatic carbocycles. The van der Waals surface area contributed by atoms with Crippen molar-refractivity contribution >= 4 is 15.9 Å². The van der Waals surface area contributed by atoms with Crippen LogP contribution >= 0.6 is 15.9 Å². The maximum atomic E-state index is 5.39. The molecular weight excluding hydrogens is 282 g/mol. The fourth-order valence-electron chi connectivity index (χ4n) is 1.95. The molecule has 1 unspecified atom stereocenters. The average molecular weight is 300 g/mol. The van der Waals surface area contributed by atoms with Crippen LogP contribution in [0.5, 0.6) is 11.5 Å². The van der Waals surface area contributed by atoms with Gasteiger partial charge in [-0.25, -0.2) is 0 Å². The standard InChI is InChI=1S/C13H18BrNO2/c1-3-4-9(2)15-7-10-5-11(14)13-12(6-10)16-8-17-13/h5-6,9,15H,3-4,7-8H2,1-2H3. The van der Waals surface area contributed by atoms with E-state index in [2.05, 4.69) is 41.2 Å². The van der Waals surface area contributed by atoms with Crippen molar-refractivity contribution in [2.24, 2.45) is 0 Å². The van der Waals surface area contributed by atoms with Crippen LogP contribution in [-0.2, 0) is 6.54 Å². The monoisotopic (exact) mass is 299 g/mol. The molecule has 0 saturated heterocycles. The molecule has 0 amide bonds. The molecule has 3 nitrogen and oxygen atoms in total. The second-order valence-electron chi connectivity index (χ2n) is 4.38.